The van der Waals surface area contributed by atoms with Crippen LogP contribution in [0.2, 0.25) is 0 Å². The Morgan fingerprint density at radius 1 is 1.11 bits per heavy atom. The summed E-state index contributed by atoms with van der Waals surface area (Å²) in [4.78, 5) is 14.5. The van der Waals surface area contributed by atoms with E-state index in [9.17, 15) is 4.79 Å². The molecular weight excluding hydrogens is 352 g/mol. The zero-order valence-electron chi connectivity index (χ0n) is 17.6. The van der Waals surface area contributed by atoms with E-state index in [2.05, 4.69) is 12.2 Å². The van der Waals surface area contributed by atoms with Crippen LogP contribution in [-0.2, 0) is 11.3 Å². The Hall–Kier alpha value is -2.53. The third-order valence-electron chi connectivity index (χ3n) is 4.66. The normalized spacial score (nSPS) is 12.9. The summed E-state index contributed by atoms with van der Waals surface area (Å²) >= 11 is 0. The highest BCUT2D eigenvalue weighted by Gasteiger charge is 2.20. The SMILES string of the molecule is CCCOc1ccc(C(C)NC(C)C(=O)N(C)Cc2ccccc2)cc1OC. The summed E-state index contributed by atoms with van der Waals surface area (Å²) in [6, 6.07) is 15.6. The highest BCUT2D eigenvalue weighted by Crippen LogP contribution is 2.30. The van der Waals surface area contributed by atoms with E-state index >= 15 is 0 Å². The van der Waals surface area contributed by atoms with Gasteiger partial charge in [0.25, 0.3) is 0 Å². The van der Waals surface area contributed by atoms with Gasteiger partial charge in [0.1, 0.15) is 0 Å². The van der Waals surface area contributed by atoms with Crippen LogP contribution in [-0.4, -0.2) is 37.6 Å². The van der Waals surface area contributed by atoms with Gasteiger partial charge in [0.15, 0.2) is 11.5 Å². The van der Waals surface area contributed by atoms with Gasteiger partial charge in [0.05, 0.1) is 19.8 Å². The number of amides is 1. The van der Waals surface area contributed by atoms with Crippen LogP contribution < -0.4 is 14.8 Å². The predicted octanol–water partition coefficient (Wildman–Crippen LogP) is 4.18. The third kappa shape index (κ3) is 5.99. The van der Waals surface area contributed by atoms with Crippen LogP contribution in [0, 0.1) is 0 Å². The van der Waals surface area contributed by atoms with E-state index in [0.717, 1.165) is 23.3 Å². The van der Waals surface area contributed by atoms with Crippen LogP contribution in [0.3, 0.4) is 0 Å². The van der Waals surface area contributed by atoms with Crippen molar-refractivity contribution in [2.24, 2.45) is 0 Å². The fourth-order valence-electron chi connectivity index (χ4n) is 3.09. The number of ether oxygens (including phenoxy) is 2. The molecule has 152 valence electrons. The Balaban J connectivity index is 1.98. The Labute approximate surface area is 168 Å². The largest absolute Gasteiger partial charge is 0.493 e. The minimum absolute atomic E-state index is 0.00167. The number of methoxy groups -OCH3 is 1. The van der Waals surface area contributed by atoms with E-state index in [1.54, 1.807) is 12.0 Å². The van der Waals surface area contributed by atoms with E-state index in [-0.39, 0.29) is 18.0 Å². The Morgan fingerprint density at radius 3 is 2.46 bits per heavy atom. The molecule has 0 radical (unpaired) electrons. The molecule has 0 saturated heterocycles. The van der Waals surface area contributed by atoms with Gasteiger partial charge in [0, 0.05) is 19.6 Å². The Morgan fingerprint density at radius 2 is 1.82 bits per heavy atom. The zero-order chi connectivity index (χ0) is 20.5. The first kappa shape index (κ1) is 21.8. The highest BCUT2D eigenvalue weighted by molar-refractivity contribution is 5.81. The van der Waals surface area contributed by atoms with Crippen molar-refractivity contribution in [2.75, 3.05) is 20.8 Å². The Bertz CT molecular complexity index is 749. The second kappa shape index (κ2) is 10.7. The first-order valence-corrected chi connectivity index (χ1v) is 9.82. The van der Waals surface area contributed by atoms with Crippen LogP contribution in [0.5, 0.6) is 11.5 Å². The lowest BCUT2D eigenvalue weighted by atomic mass is 10.1. The van der Waals surface area contributed by atoms with Crippen molar-refractivity contribution < 1.29 is 14.3 Å². The molecule has 0 heterocycles. The van der Waals surface area contributed by atoms with Gasteiger partial charge < -0.3 is 14.4 Å². The molecule has 0 fully saturated rings. The van der Waals surface area contributed by atoms with Gasteiger partial charge in [-0.2, -0.15) is 0 Å². The molecule has 2 atom stereocenters. The maximum absolute atomic E-state index is 12.7. The van der Waals surface area contributed by atoms with Crippen LogP contribution in [0.25, 0.3) is 0 Å². The molecule has 2 rings (SSSR count). The fourth-order valence-corrected chi connectivity index (χ4v) is 3.09. The van der Waals surface area contributed by atoms with Gasteiger partial charge in [-0.05, 0) is 43.5 Å². The van der Waals surface area contributed by atoms with E-state index in [1.165, 1.54) is 0 Å². The second-order valence-electron chi connectivity index (χ2n) is 7.05. The fraction of sp³-hybridized carbons (Fsp3) is 0.435. The maximum atomic E-state index is 12.7. The van der Waals surface area contributed by atoms with Gasteiger partial charge in [-0.1, -0.05) is 43.3 Å². The quantitative estimate of drug-likeness (QED) is 0.668. The summed E-state index contributed by atoms with van der Waals surface area (Å²) in [6.45, 7) is 7.26. The van der Waals surface area contributed by atoms with Crippen LogP contribution in [0.1, 0.15) is 44.4 Å². The van der Waals surface area contributed by atoms with E-state index in [0.29, 0.717) is 18.9 Å². The number of benzene rings is 2. The number of nitrogens with zero attached hydrogens (tertiary/aromatic N) is 1. The summed E-state index contributed by atoms with van der Waals surface area (Å²) in [6.07, 6.45) is 0.943. The van der Waals surface area contributed by atoms with Crippen LogP contribution >= 0.6 is 0 Å². The predicted molar refractivity (Wildman–Crippen MR) is 113 cm³/mol. The summed E-state index contributed by atoms with van der Waals surface area (Å²) in [7, 11) is 3.47. The molecule has 1 amide bonds. The molecule has 0 saturated carbocycles. The van der Waals surface area contributed by atoms with Gasteiger partial charge in [-0.15, -0.1) is 0 Å². The first-order valence-electron chi connectivity index (χ1n) is 9.82. The standard InChI is InChI=1S/C23H32N2O3/c1-6-14-28-21-13-12-20(15-22(21)27-5)17(2)24-18(3)23(26)25(4)16-19-10-8-7-9-11-19/h7-13,15,17-18,24H,6,14,16H2,1-5H3. The lowest BCUT2D eigenvalue weighted by Crippen LogP contribution is -2.43. The van der Waals surface area contributed by atoms with Crippen molar-refractivity contribution in [3.05, 3.63) is 59.7 Å². The van der Waals surface area contributed by atoms with Crippen molar-refractivity contribution in [2.45, 2.75) is 45.8 Å². The summed E-state index contributed by atoms with van der Waals surface area (Å²) in [5.74, 6) is 1.51. The van der Waals surface area contributed by atoms with E-state index < -0.39 is 0 Å². The monoisotopic (exact) mass is 384 g/mol. The molecular formula is C23H32N2O3. The molecule has 5 nitrogen and oxygen atoms in total. The van der Waals surface area contributed by atoms with Gasteiger partial charge in [0.2, 0.25) is 5.91 Å². The lowest BCUT2D eigenvalue weighted by Gasteiger charge is -2.25. The maximum Gasteiger partial charge on any atom is 0.239 e. The third-order valence-corrected chi connectivity index (χ3v) is 4.66. The summed E-state index contributed by atoms with van der Waals surface area (Å²) in [5.41, 5.74) is 2.16. The summed E-state index contributed by atoms with van der Waals surface area (Å²) in [5, 5.41) is 3.39. The van der Waals surface area contributed by atoms with Gasteiger partial charge in [-0.25, -0.2) is 0 Å². The van der Waals surface area contributed by atoms with Crippen LogP contribution in [0.4, 0.5) is 0 Å². The zero-order valence-corrected chi connectivity index (χ0v) is 17.6. The molecule has 28 heavy (non-hydrogen) atoms. The van der Waals surface area contributed by atoms with Crippen LogP contribution in [0.15, 0.2) is 48.5 Å². The van der Waals surface area contributed by atoms with E-state index in [1.807, 2.05) is 69.4 Å². The minimum Gasteiger partial charge on any atom is -0.493 e. The second-order valence-corrected chi connectivity index (χ2v) is 7.05. The first-order chi connectivity index (χ1) is 13.5. The van der Waals surface area contributed by atoms with Crippen molar-refractivity contribution in [1.29, 1.82) is 0 Å². The molecule has 0 spiro atoms. The lowest BCUT2D eigenvalue weighted by molar-refractivity contribution is -0.132. The average Bonchev–Trinajstić information content (AvgIpc) is 2.72. The number of hydrogen-bond donors (Lipinski definition) is 1. The smallest absolute Gasteiger partial charge is 0.239 e. The van der Waals surface area contributed by atoms with Crippen molar-refractivity contribution in [3.8, 4) is 11.5 Å². The van der Waals surface area contributed by atoms with Crippen molar-refractivity contribution >= 4 is 5.91 Å². The molecule has 2 aromatic rings. The molecule has 1 N–H and O–H groups in total. The topological polar surface area (TPSA) is 50.8 Å². The Kier molecular flexibility index (Phi) is 8.33. The number of rotatable bonds is 10. The average molecular weight is 385 g/mol. The number of carbonyl (C=O) groups is 1. The van der Waals surface area contributed by atoms with Gasteiger partial charge in [-0.3, -0.25) is 10.1 Å². The van der Waals surface area contributed by atoms with Gasteiger partial charge >= 0.3 is 0 Å². The number of nitrogens with one attached hydrogen (secondary N) is 1. The van der Waals surface area contributed by atoms with E-state index in [4.69, 9.17) is 9.47 Å². The number of hydrogen-bond acceptors (Lipinski definition) is 4. The molecule has 0 aromatic heterocycles. The summed E-state index contributed by atoms with van der Waals surface area (Å²) < 4.78 is 11.2. The molecule has 0 aliphatic rings. The minimum atomic E-state index is -0.300. The molecule has 0 bridgehead atoms. The molecule has 0 aliphatic heterocycles. The van der Waals surface area contributed by atoms with Crippen molar-refractivity contribution in [1.82, 2.24) is 10.2 Å². The molecule has 0 aliphatic carbocycles. The number of carbonyl (C=O) groups excluding carboxylic acids is 1. The van der Waals surface area contributed by atoms with Crippen molar-refractivity contribution in [3.63, 3.8) is 0 Å². The molecule has 2 unspecified atom stereocenters. The molecule has 2 aromatic carbocycles. The highest BCUT2D eigenvalue weighted by atomic mass is 16.5. The molecule has 5 heteroatoms. The number of likely N-dealkylation sites (N-methyl/N-ethyl adjacent to an activating group) is 1.